The Morgan fingerprint density at radius 3 is 2.65 bits per heavy atom. The topological polar surface area (TPSA) is 72.2 Å². The molecule has 0 unspecified atom stereocenters. The first-order valence-electron chi connectivity index (χ1n) is 5.59. The molecule has 0 saturated heterocycles. The molecule has 4 nitrogen and oxygen atoms in total. The van der Waals surface area contributed by atoms with Crippen LogP contribution in [0.4, 0.5) is 10.1 Å². The van der Waals surface area contributed by atoms with E-state index in [1.807, 2.05) is 12.1 Å². The van der Waals surface area contributed by atoms with E-state index in [0.29, 0.717) is 0 Å². The normalized spacial score (nSPS) is 11.8. The SMILES string of the molecule is Cc1cc(S(=O)(=O)NCc2ccc(Br)s2)cc(N)c1F. The first-order chi connectivity index (χ1) is 9.29. The second-order valence-electron chi connectivity index (χ2n) is 4.17. The maximum Gasteiger partial charge on any atom is 0.240 e. The fourth-order valence-corrected chi connectivity index (χ4v) is 4.25. The third-order valence-electron chi connectivity index (χ3n) is 2.63. The fourth-order valence-electron chi connectivity index (χ4n) is 1.61. The molecule has 2 aromatic rings. The van der Waals surface area contributed by atoms with Crippen LogP contribution in [-0.2, 0) is 16.6 Å². The van der Waals surface area contributed by atoms with Crippen LogP contribution < -0.4 is 10.5 Å². The van der Waals surface area contributed by atoms with Gasteiger partial charge in [-0.15, -0.1) is 11.3 Å². The Kier molecular flexibility index (Phi) is 4.48. The van der Waals surface area contributed by atoms with Crippen molar-refractivity contribution < 1.29 is 12.8 Å². The summed E-state index contributed by atoms with van der Waals surface area (Å²) >= 11 is 4.75. The fraction of sp³-hybridized carbons (Fsp3) is 0.167. The maximum atomic E-state index is 13.4. The Hall–Kier alpha value is -0.960. The molecule has 2 rings (SSSR count). The molecule has 0 fully saturated rings. The first kappa shape index (κ1) is 15.4. The standard InChI is InChI=1S/C12H12BrFN2O2S2/c1-7-4-9(5-10(15)12(7)14)20(17,18)16-6-8-2-3-11(13)19-8/h2-5,16H,6,15H2,1H3. The minimum atomic E-state index is -3.72. The van der Waals surface area contributed by atoms with Crippen molar-refractivity contribution in [3.8, 4) is 0 Å². The summed E-state index contributed by atoms with van der Waals surface area (Å²) < 4.78 is 41.1. The highest BCUT2D eigenvalue weighted by molar-refractivity contribution is 9.11. The van der Waals surface area contributed by atoms with E-state index >= 15 is 0 Å². The molecule has 3 N–H and O–H groups in total. The number of nitrogen functional groups attached to an aromatic ring is 1. The highest BCUT2D eigenvalue weighted by Gasteiger charge is 2.17. The van der Waals surface area contributed by atoms with E-state index in [-0.39, 0.29) is 22.7 Å². The third kappa shape index (κ3) is 3.38. The molecule has 0 radical (unpaired) electrons. The van der Waals surface area contributed by atoms with E-state index in [1.54, 1.807) is 0 Å². The molecule has 1 heterocycles. The molecule has 0 aliphatic carbocycles. The van der Waals surface area contributed by atoms with Crippen molar-refractivity contribution in [3.05, 3.63) is 44.3 Å². The molecular weight excluding hydrogens is 367 g/mol. The molecule has 1 aromatic carbocycles. The summed E-state index contributed by atoms with van der Waals surface area (Å²) in [6.45, 7) is 1.65. The van der Waals surface area contributed by atoms with Gasteiger partial charge in [-0.25, -0.2) is 17.5 Å². The van der Waals surface area contributed by atoms with Crippen LogP contribution in [-0.4, -0.2) is 8.42 Å². The Labute approximate surface area is 129 Å². The van der Waals surface area contributed by atoms with Crippen molar-refractivity contribution in [2.75, 3.05) is 5.73 Å². The molecule has 108 valence electrons. The largest absolute Gasteiger partial charge is 0.396 e. The average Bonchev–Trinajstić information content (AvgIpc) is 2.79. The number of nitrogens with one attached hydrogen (secondary N) is 1. The Bertz CT molecular complexity index is 721. The molecule has 0 atom stereocenters. The first-order valence-corrected chi connectivity index (χ1v) is 8.68. The van der Waals surface area contributed by atoms with Gasteiger partial charge in [-0.2, -0.15) is 0 Å². The molecular formula is C12H12BrFN2O2S2. The number of hydrogen-bond donors (Lipinski definition) is 2. The number of hydrogen-bond acceptors (Lipinski definition) is 4. The lowest BCUT2D eigenvalue weighted by Gasteiger charge is -2.08. The van der Waals surface area contributed by atoms with Gasteiger partial charge in [0.25, 0.3) is 0 Å². The van der Waals surface area contributed by atoms with Gasteiger partial charge in [-0.3, -0.25) is 0 Å². The summed E-state index contributed by atoms with van der Waals surface area (Å²) in [6.07, 6.45) is 0. The molecule has 0 aliphatic heterocycles. The highest BCUT2D eigenvalue weighted by Crippen LogP contribution is 2.23. The van der Waals surface area contributed by atoms with Crippen molar-refractivity contribution in [1.29, 1.82) is 0 Å². The van der Waals surface area contributed by atoms with Crippen molar-refractivity contribution in [1.82, 2.24) is 4.72 Å². The predicted molar refractivity (Wildman–Crippen MR) is 81.6 cm³/mol. The van der Waals surface area contributed by atoms with E-state index in [0.717, 1.165) is 14.7 Å². The summed E-state index contributed by atoms with van der Waals surface area (Å²) in [4.78, 5) is 0.830. The second kappa shape index (κ2) is 5.80. The van der Waals surface area contributed by atoms with E-state index < -0.39 is 15.8 Å². The lowest BCUT2D eigenvalue weighted by molar-refractivity contribution is 0.580. The molecule has 0 bridgehead atoms. The monoisotopic (exact) mass is 378 g/mol. The minimum Gasteiger partial charge on any atom is -0.396 e. The lowest BCUT2D eigenvalue weighted by Crippen LogP contribution is -2.23. The van der Waals surface area contributed by atoms with E-state index in [2.05, 4.69) is 20.7 Å². The van der Waals surface area contributed by atoms with Crippen LogP contribution >= 0.6 is 27.3 Å². The second-order valence-corrected chi connectivity index (χ2v) is 8.49. The number of benzene rings is 1. The van der Waals surface area contributed by atoms with Gasteiger partial charge < -0.3 is 5.73 Å². The summed E-state index contributed by atoms with van der Waals surface area (Å²) in [5, 5.41) is 0. The number of nitrogens with two attached hydrogens (primary N) is 1. The van der Waals surface area contributed by atoms with Gasteiger partial charge in [0.2, 0.25) is 10.0 Å². The Morgan fingerprint density at radius 2 is 2.10 bits per heavy atom. The number of aryl methyl sites for hydroxylation is 1. The number of anilines is 1. The summed E-state index contributed by atoms with van der Waals surface area (Å²) in [7, 11) is -3.72. The van der Waals surface area contributed by atoms with Crippen LogP contribution in [0.1, 0.15) is 10.4 Å². The molecule has 0 spiro atoms. The van der Waals surface area contributed by atoms with Crippen LogP contribution in [0.2, 0.25) is 0 Å². The molecule has 0 aliphatic rings. The van der Waals surface area contributed by atoms with Crippen molar-refractivity contribution in [3.63, 3.8) is 0 Å². The van der Waals surface area contributed by atoms with Crippen molar-refractivity contribution in [2.24, 2.45) is 0 Å². The number of halogens is 2. The molecule has 8 heteroatoms. The van der Waals surface area contributed by atoms with Gasteiger partial charge in [-0.05, 0) is 52.7 Å². The molecule has 20 heavy (non-hydrogen) atoms. The van der Waals surface area contributed by atoms with E-state index in [9.17, 15) is 12.8 Å². The summed E-state index contributed by atoms with van der Waals surface area (Å²) in [5.74, 6) is -0.592. The summed E-state index contributed by atoms with van der Waals surface area (Å²) in [6, 6.07) is 6.04. The van der Waals surface area contributed by atoms with Gasteiger partial charge in [0.15, 0.2) is 0 Å². The zero-order valence-corrected chi connectivity index (χ0v) is 13.7. The Morgan fingerprint density at radius 1 is 1.40 bits per heavy atom. The van der Waals surface area contributed by atoms with Crippen LogP contribution in [0.25, 0.3) is 0 Å². The molecule has 1 aromatic heterocycles. The molecule has 0 saturated carbocycles. The van der Waals surface area contributed by atoms with Gasteiger partial charge in [-0.1, -0.05) is 0 Å². The number of thiophene rings is 1. The van der Waals surface area contributed by atoms with Crippen molar-refractivity contribution >= 4 is 43.0 Å². The zero-order valence-electron chi connectivity index (χ0n) is 10.5. The highest BCUT2D eigenvalue weighted by atomic mass is 79.9. The number of rotatable bonds is 4. The zero-order chi connectivity index (χ0) is 14.9. The summed E-state index contributed by atoms with van der Waals surface area (Å²) in [5.41, 5.74) is 5.48. The van der Waals surface area contributed by atoms with Gasteiger partial charge >= 0.3 is 0 Å². The van der Waals surface area contributed by atoms with Crippen LogP contribution in [0.3, 0.4) is 0 Å². The van der Waals surface area contributed by atoms with Crippen LogP contribution in [0.5, 0.6) is 0 Å². The predicted octanol–water partition coefficient (Wildman–Crippen LogP) is 3.02. The van der Waals surface area contributed by atoms with Gasteiger partial charge in [0, 0.05) is 11.4 Å². The Balaban J connectivity index is 2.22. The van der Waals surface area contributed by atoms with Crippen molar-refractivity contribution in [2.45, 2.75) is 18.4 Å². The van der Waals surface area contributed by atoms with E-state index in [4.69, 9.17) is 5.73 Å². The smallest absolute Gasteiger partial charge is 0.240 e. The van der Waals surface area contributed by atoms with Gasteiger partial charge in [0.05, 0.1) is 14.4 Å². The number of sulfonamides is 1. The minimum absolute atomic E-state index is 0.0375. The third-order valence-corrected chi connectivity index (χ3v) is 5.64. The van der Waals surface area contributed by atoms with Crippen LogP contribution in [0.15, 0.2) is 32.9 Å². The molecule has 0 amide bonds. The van der Waals surface area contributed by atoms with Gasteiger partial charge in [0.1, 0.15) is 5.82 Å². The van der Waals surface area contributed by atoms with Crippen LogP contribution in [0, 0.1) is 12.7 Å². The lowest BCUT2D eigenvalue weighted by atomic mass is 10.2. The quantitative estimate of drug-likeness (QED) is 0.803. The van der Waals surface area contributed by atoms with E-state index in [1.165, 1.54) is 24.3 Å². The average molecular weight is 379 g/mol. The maximum absolute atomic E-state index is 13.4.